The Morgan fingerprint density at radius 3 is 2.04 bits per heavy atom. The maximum absolute atomic E-state index is 3.86. The zero-order chi connectivity index (χ0) is 37.6. The Balaban J connectivity index is 1.14. The summed E-state index contributed by atoms with van der Waals surface area (Å²) in [7, 11) is 0. The van der Waals surface area contributed by atoms with Gasteiger partial charge in [0.2, 0.25) is 0 Å². The van der Waals surface area contributed by atoms with Gasteiger partial charge in [-0.25, -0.2) is 0 Å². The van der Waals surface area contributed by atoms with Crippen molar-refractivity contribution in [2.24, 2.45) is 0 Å². The zero-order valence-corrected chi connectivity index (χ0v) is 31.9. The van der Waals surface area contributed by atoms with Crippen LogP contribution in [0.5, 0.6) is 0 Å². The van der Waals surface area contributed by atoms with Gasteiger partial charge in [-0.3, -0.25) is 0 Å². The number of hydrogen-bond donors (Lipinski definition) is 0. The minimum absolute atomic E-state index is 1.10. The molecule has 0 aliphatic heterocycles. The topological polar surface area (TPSA) is 8.17 Å². The summed E-state index contributed by atoms with van der Waals surface area (Å²) >= 11 is 1.90. The lowest BCUT2D eigenvalue weighted by Crippen LogP contribution is -2.10. The van der Waals surface area contributed by atoms with Crippen LogP contribution in [0.2, 0.25) is 0 Å². The molecular formula is C53H38N2S. The van der Waals surface area contributed by atoms with E-state index in [1.54, 1.807) is 0 Å². The van der Waals surface area contributed by atoms with E-state index >= 15 is 0 Å². The van der Waals surface area contributed by atoms with Crippen LogP contribution in [-0.4, -0.2) is 4.57 Å². The molecule has 8 aromatic carbocycles. The Hall–Kier alpha value is -6.94. The molecule has 0 aliphatic rings. The second kappa shape index (κ2) is 14.0. The number of para-hydroxylation sites is 2. The van der Waals surface area contributed by atoms with E-state index in [1.807, 2.05) is 23.5 Å². The first kappa shape index (κ1) is 33.6. The standard InChI is InChI=1S/C53H38N2S/c1-3-4-15-37-26-27-41-35-45(32-33-46(41)36(37)2)54(43-30-28-39(29-31-43)38-16-7-5-8-17-38)44-21-13-18-40(34-44)47-23-14-24-49-51-53(56-52(47)49)48-22-11-12-25-50(48)55(51)42-19-9-6-10-20-42/h3-35H,1H2,2H3/b15-4-. The molecule has 0 amide bonds. The molecule has 0 saturated heterocycles. The van der Waals surface area contributed by atoms with Crippen molar-refractivity contribution in [1.82, 2.24) is 4.57 Å². The lowest BCUT2D eigenvalue weighted by atomic mass is 9.98. The van der Waals surface area contributed by atoms with Crippen molar-refractivity contribution < 1.29 is 0 Å². The van der Waals surface area contributed by atoms with Crippen molar-refractivity contribution in [1.29, 1.82) is 0 Å². The molecule has 0 radical (unpaired) electrons. The summed E-state index contributed by atoms with van der Waals surface area (Å²) in [5.74, 6) is 0. The second-order valence-corrected chi connectivity index (χ2v) is 15.2. The van der Waals surface area contributed by atoms with Gasteiger partial charge in [0.15, 0.2) is 0 Å². The van der Waals surface area contributed by atoms with Crippen LogP contribution in [0.15, 0.2) is 201 Å². The third kappa shape index (κ3) is 5.72. The number of aromatic nitrogens is 1. The average Bonchev–Trinajstić information content (AvgIpc) is 3.80. The molecule has 2 heterocycles. The summed E-state index contributed by atoms with van der Waals surface area (Å²) in [5, 5.41) is 5.01. The van der Waals surface area contributed by atoms with E-state index < -0.39 is 0 Å². The molecule has 0 spiro atoms. The Labute approximate surface area is 331 Å². The average molecular weight is 735 g/mol. The smallest absolute Gasteiger partial charge is 0.0727 e. The molecule has 0 atom stereocenters. The van der Waals surface area contributed by atoms with Crippen LogP contribution >= 0.6 is 11.3 Å². The fourth-order valence-corrected chi connectivity index (χ4v) is 9.59. The summed E-state index contributed by atoms with van der Waals surface area (Å²) in [6, 6.07) is 66.2. The highest BCUT2D eigenvalue weighted by molar-refractivity contribution is 7.27. The van der Waals surface area contributed by atoms with Crippen molar-refractivity contribution in [3.8, 4) is 27.9 Å². The SMILES string of the molecule is C=C/C=C\c1ccc2cc(N(c3ccc(-c4ccccc4)cc3)c3cccc(-c4cccc5c4sc4c6ccccc6n(-c6ccccc6)c54)c3)ccc2c1C. The van der Waals surface area contributed by atoms with Gasteiger partial charge in [-0.15, -0.1) is 11.3 Å². The van der Waals surface area contributed by atoms with Crippen LogP contribution in [-0.2, 0) is 0 Å². The molecular weight excluding hydrogens is 697 g/mol. The Kier molecular flexibility index (Phi) is 8.43. The monoisotopic (exact) mass is 734 g/mol. The first-order chi connectivity index (χ1) is 27.7. The van der Waals surface area contributed by atoms with Gasteiger partial charge in [0.05, 0.1) is 15.7 Å². The van der Waals surface area contributed by atoms with Gasteiger partial charge >= 0.3 is 0 Å². The molecule has 3 heteroatoms. The molecule has 2 nitrogen and oxygen atoms in total. The second-order valence-electron chi connectivity index (χ2n) is 14.2. The third-order valence-corrected chi connectivity index (χ3v) is 12.2. The number of fused-ring (bicyclic) bond motifs is 6. The van der Waals surface area contributed by atoms with Gasteiger partial charge in [-0.05, 0) is 106 Å². The van der Waals surface area contributed by atoms with Crippen molar-refractivity contribution >= 4 is 76.5 Å². The van der Waals surface area contributed by atoms with E-state index in [1.165, 1.54) is 81.0 Å². The number of benzene rings is 8. The van der Waals surface area contributed by atoms with E-state index in [0.29, 0.717) is 0 Å². The van der Waals surface area contributed by atoms with E-state index in [9.17, 15) is 0 Å². The maximum Gasteiger partial charge on any atom is 0.0727 e. The third-order valence-electron chi connectivity index (χ3n) is 10.9. The molecule has 0 saturated carbocycles. The van der Waals surface area contributed by atoms with Crippen LogP contribution in [0.4, 0.5) is 17.1 Å². The highest BCUT2D eigenvalue weighted by atomic mass is 32.1. The van der Waals surface area contributed by atoms with Gasteiger partial charge in [0, 0.05) is 38.2 Å². The minimum Gasteiger partial charge on any atom is -0.310 e. The Morgan fingerprint density at radius 1 is 0.536 bits per heavy atom. The highest BCUT2D eigenvalue weighted by Gasteiger charge is 2.21. The summed E-state index contributed by atoms with van der Waals surface area (Å²) in [4.78, 5) is 2.39. The summed E-state index contributed by atoms with van der Waals surface area (Å²) in [5.41, 5.74) is 14.3. The Morgan fingerprint density at radius 2 is 1.21 bits per heavy atom. The summed E-state index contributed by atoms with van der Waals surface area (Å²) < 4.78 is 5.05. The number of rotatable bonds is 8. The van der Waals surface area contributed by atoms with E-state index in [2.05, 4.69) is 211 Å². The number of anilines is 3. The lowest BCUT2D eigenvalue weighted by Gasteiger charge is -2.27. The first-order valence-electron chi connectivity index (χ1n) is 19.0. The molecule has 0 fully saturated rings. The number of thiophene rings is 1. The quantitative estimate of drug-likeness (QED) is 0.141. The largest absolute Gasteiger partial charge is 0.310 e. The predicted molar refractivity (Wildman–Crippen MR) is 243 cm³/mol. The van der Waals surface area contributed by atoms with Crippen molar-refractivity contribution in [2.45, 2.75) is 6.92 Å². The fourth-order valence-electron chi connectivity index (χ4n) is 8.24. The van der Waals surface area contributed by atoms with Crippen LogP contribution in [0.25, 0.3) is 76.0 Å². The first-order valence-corrected chi connectivity index (χ1v) is 19.9. The van der Waals surface area contributed by atoms with Gasteiger partial charge in [0.25, 0.3) is 0 Å². The van der Waals surface area contributed by atoms with Crippen molar-refractivity contribution in [3.05, 3.63) is 212 Å². The normalized spacial score (nSPS) is 11.7. The summed E-state index contributed by atoms with van der Waals surface area (Å²) in [6.07, 6.45) is 5.95. The maximum atomic E-state index is 3.86. The Bertz CT molecular complexity index is 3090. The molecule has 2 aromatic heterocycles. The van der Waals surface area contributed by atoms with Crippen LogP contribution in [0.1, 0.15) is 11.1 Å². The van der Waals surface area contributed by atoms with Crippen LogP contribution < -0.4 is 4.90 Å². The molecule has 10 aromatic rings. The summed E-state index contributed by atoms with van der Waals surface area (Å²) in [6.45, 7) is 6.06. The number of nitrogens with zero attached hydrogens (tertiary/aromatic N) is 2. The van der Waals surface area contributed by atoms with Crippen LogP contribution in [0, 0.1) is 6.92 Å². The van der Waals surface area contributed by atoms with Gasteiger partial charge in [-0.1, -0.05) is 152 Å². The van der Waals surface area contributed by atoms with Gasteiger partial charge in [-0.2, -0.15) is 0 Å². The zero-order valence-electron chi connectivity index (χ0n) is 31.1. The number of hydrogen-bond acceptors (Lipinski definition) is 2. The number of allylic oxidation sites excluding steroid dienone is 2. The van der Waals surface area contributed by atoms with Crippen LogP contribution in [0.3, 0.4) is 0 Å². The minimum atomic E-state index is 1.10. The number of aryl methyl sites for hydroxylation is 1. The van der Waals surface area contributed by atoms with E-state index in [-0.39, 0.29) is 0 Å². The van der Waals surface area contributed by atoms with Gasteiger partial charge < -0.3 is 9.47 Å². The lowest BCUT2D eigenvalue weighted by molar-refractivity contribution is 1.19. The molecule has 266 valence electrons. The molecule has 0 N–H and O–H groups in total. The van der Waals surface area contributed by atoms with E-state index in [0.717, 1.165) is 17.1 Å². The highest BCUT2D eigenvalue weighted by Crippen LogP contribution is 2.46. The van der Waals surface area contributed by atoms with Crippen molar-refractivity contribution in [3.63, 3.8) is 0 Å². The predicted octanol–water partition coefficient (Wildman–Crippen LogP) is 15.5. The van der Waals surface area contributed by atoms with Gasteiger partial charge in [0.1, 0.15) is 0 Å². The van der Waals surface area contributed by atoms with E-state index in [4.69, 9.17) is 0 Å². The molecule has 10 rings (SSSR count). The molecule has 0 unspecified atom stereocenters. The van der Waals surface area contributed by atoms with Crippen molar-refractivity contribution in [2.75, 3.05) is 4.90 Å². The molecule has 0 bridgehead atoms. The molecule has 56 heavy (non-hydrogen) atoms. The molecule has 0 aliphatic carbocycles. The fraction of sp³-hybridized carbons (Fsp3) is 0.0189.